The normalized spacial score (nSPS) is 11.5. The summed E-state index contributed by atoms with van der Waals surface area (Å²) >= 11 is 3.16. The number of aryl methyl sites for hydroxylation is 3. The molecule has 2 aromatic carbocycles. The quantitative estimate of drug-likeness (QED) is 0.238. The van der Waals surface area contributed by atoms with Crippen molar-refractivity contribution in [3.05, 3.63) is 89.0 Å². The van der Waals surface area contributed by atoms with Crippen LogP contribution in [-0.4, -0.2) is 26.9 Å². The number of hydrogen-bond donors (Lipinski definition) is 1. The third kappa shape index (κ3) is 4.40. The van der Waals surface area contributed by atoms with Gasteiger partial charge in [-0.15, -0.1) is 11.3 Å². The predicted molar refractivity (Wildman–Crippen MR) is 135 cm³/mol. The minimum absolute atomic E-state index is 0.320. The van der Waals surface area contributed by atoms with E-state index in [1.807, 2.05) is 60.1 Å². The lowest BCUT2D eigenvalue weighted by atomic mass is 10.2. The van der Waals surface area contributed by atoms with E-state index in [4.69, 9.17) is 14.5 Å². The van der Waals surface area contributed by atoms with Crippen LogP contribution in [0.15, 0.2) is 79.5 Å². The van der Waals surface area contributed by atoms with Crippen molar-refractivity contribution in [3.63, 3.8) is 0 Å². The summed E-state index contributed by atoms with van der Waals surface area (Å²) in [5, 5.41) is 9.86. The van der Waals surface area contributed by atoms with E-state index in [1.54, 1.807) is 37.5 Å². The van der Waals surface area contributed by atoms with E-state index in [0.717, 1.165) is 36.5 Å². The highest BCUT2D eigenvalue weighted by atomic mass is 32.2. The second-order valence-corrected chi connectivity index (χ2v) is 9.89. The van der Waals surface area contributed by atoms with Gasteiger partial charge in [0.25, 0.3) is 5.91 Å². The highest BCUT2D eigenvalue weighted by molar-refractivity contribution is 8.01. The zero-order valence-corrected chi connectivity index (χ0v) is 20.4. The zero-order chi connectivity index (χ0) is 23.7. The Morgan fingerprint density at radius 3 is 2.62 bits per heavy atom. The largest absolute Gasteiger partial charge is 0.466 e. The SMILES string of the molecule is Cc1cc(C(=O)NN=Cc2c(C)nn(-c3ccccc3)c2Sc2nc3ccccc3s2)c(C)o1. The lowest BCUT2D eigenvalue weighted by molar-refractivity contribution is 0.0953. The van der Waals surface area contributed by atoms with Gasteiger partial charge in [0.05, 0.1) is 38.9 Å². The fourth-order valence-electron chi connectivity index (χ4n) is 3.56. The van der Waals surface area contributed by atoms with Crippen LogP contribution in [0.5, 0.6) is 0 Å². The maximum Gasteiger partial charge on any atom is 0.274 e. The standard InChI is InChI=1S/C25H21N5O2S2/c1-15-13-19(17(3)32-15)23(31)28-26-14-20-16(2)29-30(18-9-5-4-6-10-18)24(20)34-25-27-21-11-7-8-12-22(21)33-25/h4-14H,1-3H3,(H,28,31). The highest BCUT2D eigenvalue weighted by Crippen LogP contribution is 2.37. The number of fused-ring (bicyclic) bond motifs is 1. The number of benzene rings is 2. The van der Waals surface area contributed by atoms with Crippen molar-refractivity contribution in [1.82, 2.24) is 20.2 Å². The van der Waals surface area contributed by atoms with Crippen LogP contribution in [0.1, 0.15) is 33.1 Å². The molecular weight excluding hydrogens is 466 g/mol. The van der Waals surface area contributed by atoms with E-state index < -0.39 is 0 Å². The molecule has 0 radical (unpaired) electrons. The Morgan fingerprint density at radius 1 is 1.12 bits per heavy atom. The number of nitrogens with zero attached hydrogens (tertiary/aromatic N) is 4. The van der Waals surface area contributed by atoms with Gasteiger partial charge >= 0.3 is 0 Å². The van der Waals surface area contributed by atoms with Crippen LogP contribution in [0.25, 0.3) is 15.9 Å². The number of rotatable bonds is 6. The van der Waals surface area contributed by atoms with Gasteiger partial charge in [-0.3, -0.25) is 4.79 Å². The molecule has 0 unspecified atom stereocenters. The third-order valence-electron chi connectivity index (χ3n) is 5.17. The van der Waals surface area contributed by atoms with E-state index in [1.165, 1.54) is 11.8 Å². The molecule has 7 nitrogen and oxygen atoms in total. The number of thiazole rings is 1. The van der Waals surface area contributed by atoms with Crippen molar-refractivity contribution in [2.45, 2.75) is 30.1 Å². The number of para-hydroxylation sites is 2. The lowest BCUT2D eigenvalue weighted by Gasteiger charge is -2.06. The molecule has 1 N–H and O–H groups in total. The van der Waals surface area contributed by atoms with E-state index in [2.05, 4.69) is 16.6 Å². The van der Waals surface area contributed by atoms with Gasteiger partial charge in [-0.1, -0.05) is 30.3 Å². The van der Waals surface area contributed by atoms with E-state index in [0.29, 0.717) is 17.1 Å². The first kappa shape index (κ1) is 22.1. The number of amides is 1. The van der Waals surface area contributed by atoms with E-state index >= 15 is 0 Å². The lowest BCUT2D eigenvalue weighted by Crippen LogP contribution is -2.17. The summed E-state index contributed by atoms with van der Waals surface area (Å²) in [6, 6.07) is 19.7. The predicted octanol–water partition coefficient (Wildman–Crippen LogP) is 5.92. The fourth-order valence-corrected chi connectivity index (χ4v) is 5.78. The van der Waals surface area contributed by atoms with Gasteiger partial charge in [-0.2, -0.15) is 10.2 Å². The van der Waals surface area contributed by atoms with Gasteiger partial charge in [0.1, 0.15) is 16.5 Å². The van der Waals surface area contributed by atoms with Crippen LogP contribution >= 0.6 is 23.1 Å². The van der Waals surface area contributed by atoms with Crippen molar-refractivity contribution >= 4 is 45.4 Å². The molecule has 0 bridgehead atoms. The number of aromatic nitrogens is 3. The van der Waals surface area contributed by atoms with Crippen LogP contribution in [0.3, 0.4) is 0 Å². The Kier molecular flexibility index (Phi) is 6.04. The maximum absolute atomic E-state index is 12.5. The first-order chi connectivity index (χ1) is 16.5. The van der Waals surface area contributed by atoms with E-state index in [9.17, 15) is 4.79 Å². The van der Waals surface area contributed by atoms with Crippen molar-refractivity contribution in [2.24, 2.45) is 5.10 Å². The van der Waals surface area contributed by atoms with Gasteiger partial charge < -0.3 is 4.42 Å². The Bertz CT molecular complexity index is 1480. The van der Waals surface area contributed by atoms with Gasteiger partial charge in [0, 0.05) is 0 Å². The smallest absolute Gasteiger partial charge is 0.274 e. The average Bonchev–Trinajstić information content (AvgIpc) is 3.49. The van der Waals surface area contributed by atoms with Crippen LogP contribution in [0, 0.1) is 20.8 Å². The molecule has 0 spiro atoms. The van der Waals surface area contributed by atoms with Gasteiger partial charge in [-0.25, -0.2) is 15.1 Å². The second-order valence-electron chi connectivity index (χ2n) is 7.63. The van der Waals surface area contributed by atoms with Gasteiger partial charge in [-0.05, 0) is 62.9 Å². The second kappa shape index (κ2) is 9.28. The first-order valence-electron chi connectivity index (χ1n) is 10.6. The Labute approximate surface area is 204 Å². The summed E-state index contributed by atoms with van der Waals surface area (Å²) < 4.78 is 9.36. The highest BCUT2D eigenvalue weighted by Gasteiger charge is 2.19. The van der Waals surface area contributed by atoms with Crippen LogP contribution in [-0.2, 0) is 0 Å². The summed E-state index contributed by atoms with van der Waals surface area (Å²) in [6.07, 6.45) is 1.64. The van der Waals surface area contributed by atoms with Crippen molar-refractivity contribution < 1.29 is 9.21 Å². The van der Waals surface area contributed by atoms with Gasteiger partial charge in [0.2, 0.25) is 0 Å². The van der Waals surface area contributed by atoms with Gasteiger partial charge in [0.15, 0.2) is 4.34 Å². The topological polar surface area (TPSA) is 85.3 Å². The van der Waals surface area contributed by atoms with E-state index in [-0.39, 0.29) is 5.91 Å². The molecule has 0 atom stereocenters. The summed E-state index contributed by atoms with van der Waals surface area (Å²) in [7, 11) is 0. The molecule has 0 aliphatic heterocycles. The molecule has 1 amide bonds. The molecule has 0 aliphatic carbocycles. The van der Waals surface area contributed by atoms with Crippen molar-refractivity contribution in [3.8, 4) is 5.69 Å². The molecule has 5 rings (SSSR count). The number of carbonyl (C=O) groups excluding carboxylic acids is 1. The Hall–Kier alpha value is -3.69. The molecule has 0 fully saturated rings. The van der Waals surface area contributed by atoms with Crippen molar-refractivity contribution in [1.29, 1.82) is 0 Å². The first-order valence-corrected chi connectivity index (χ1v) is 12.2. The molecule has 0 saturated carbocycles. The molecule has 0 saturated heterocycles. The van der Waals surface area contributed by atoms with Crippen LogP contribution < -0.4 is 5.43 Å². The summed E-state index contributed by atoms with van der Waals surface area (Å²) in [4.78, 5) is 17.3. The number of hydrazone groups is 1. The molecule has 0 aliphatic rings. The number of nitrogens with one attached hydrogen (secondary N) is 1. The van der Waals surface area contributed by atoms with Crippen LogP contribution in [0.4, 0.5) is 0 Å². The maximum atomic E-state index is 12.5. The molecule has 9 heteroatoms. The minimum Gasteiger partial charge on any atom is -0.466 e. The Balaban J connectivity index is 1.49. The molecule has 34 heavy (non-hydrogen) atoms. The number of carbonyl (C=O) groups is 1. The fraction of sp³-hybridized carbons (Fsp3) is 0.120. The van der Waals surface area contributed by atoms with Crippen molar-refractivity contribution in [2.75, 3.05) is 0 Å². The molecular formula is C25H21N5O2S2. The monoisotopic (exact) mass is 487 g/mol. The summed E-state index contributed by atoms with van der Waals surface area (Å²) in [5.41, 5.74) is 6.57. The average molecular weight is 488 g/mol. The zero-order valence-electron chi connectivity index (χ0n) is 18.8. The third-order valence-corrected chi connectivity index (χ3v) is 7.35. The number of hydrogen-bond acceptors (Lipinski definition) is 7. The summed E-state index contributed by atoms with van der Waals surface area (Å²) in [6.45, 7) is 5.49. The number of furan rings is 1. The van der Waals surface area contributed by atoms with Crippen LogP contribution in [0.2, 0.25) is 0 Å². The molecule has 5 aromatic rings. The Morgan fingerprint density at radius 2 is 1.88 bits per heavy atom. The molecule has 3 heterocycles. The summed E-state index contributed by atoms with van der Waals surface area (Å²) in [5.74, 6) is 0.922. The molecule has 170 valence electrons. The molecule has 3 aromatic heterocycles. The minimum atomic E-state index is -0.320.